The largest absolute Gasteiger partial charge is 0.508 e. The van der Waals surface area contributed by atoms with E-state index in [1.54, 1.807) is 18.2 Å². The van der Waals surface area contributed by atoms with E-state index in [1.807, 2.05) is 0 Å². The van der Waals surface area contributed by atoms with Crippen LogP contribution >= 0.6 is 11.8 Å². The highest BCUT2D eigenvalue weighted by Gasteiger charge is 2.10. The Hall–Kier alpha value is -2.81. The molecular formula is C16H13F2N3O3S. The molecule has 0 saturated carbocycles. The molecule has 0 spiro atoms. The number of fused-ring (bicyclic) bond motifs is 1. The Morgan fingerprint density at radius 1 is 1.32 bits per heavy atom. The van der Waals surface area contributed by atoms with Gasteiger partial charge in [0.15, 0.2) is 5.16 Å². The minimum absolute atomic E-state index is 0.0318. The van der Waals surface area contributed by atoms with Crippen molar-refractivity contribution >= 4 is 34.4 Å². The second kappa shape index (κ2) is 7.39. The van der Waals surface area contributed by atoms with Crippen LogP contribution in [-0.2, 0) is 4.79 Å². The molecule has 1 amide bonds. The maximum Gasteiger partial charge on any atom is 0.387 e. The summed E-state index contributed by atoms with van der Waals surface area (Å²) in [5.74, 6) is -0.0813. The van der Waals surface area contributed by atoms with Crippen molar-refractivity contribution in [3.63, 3.8) is 0 Å². The van der Waals surface area contributed by atoms with Crippen LogP contribution in [-0.4, -0.2) is 33.3 Å². The van der Waals surface area contributed by atoms with Gasteiger partial charge < -0.3 is 20.1 Å². The molecule has 2 aromatic carbocycles. The molecule has 1 aromatic heterocycles. The van der Waals surface area contributed by atoms with Gasteiger partial charge in [-0.1, -0.05) is 17.8 Å². The number of benzene rings is 2. The molecule has 0 radical (unpaired) electrons. The van der Waals surface area contributed by atoms with Gasteiger partial charge in [-0.25, -0.2) is 4.98 Å². The molecule has 9 heteroatoms. The van der Waals surface area contributed by atoms with Crippen molar-refractivity contribution in [3.8, 4) is 11.5 Å². The fraction of sp³-hybridized carbons (Fsp3) is 0.125. The Labute approximate surface area is 145 Å². The number of alkyl halides is 2. The van der Waals surface area contributed by atoms with Crippen molar-refractivity contribution in [2.24, 2.45) is 0 Å². The topological polar surface area (TPSA) is 87.2 Å². The Kier molecular flexibility index (Phi) is 5.03. The monoisotopic (exact) mass is 365 g/mol. The third-order valence-electron chi connectivity index (χ3n) is 3.13. The van der Waals surface area contributed by atoms with Gasteiger partial charge in [0.1, 0.15) is 11.5 Å². The summed E-state index contributed by atoms with van der Waals surface area (Å²) in [5.41, 5.74) is 1.61. The number of imidazole rings is 1. The number of halogens is 2. The second-order valence-corrected chi connectivity index (χ2v) is 5.95. The number of amides is 1. The van der Waals surface area contributed by atoms with Crippen LogP contribution in [0.5, 0.6) is 11.5 Å². The van der Waals surface area contributed by atoms with Crippen LogP contribution in [0.3, 0.4) is 0 Å². The van der Waals surface area contributed by atoms with Gasteiger partial charge in [0.25, 0.3) is 0 Å². The fourth-order valence-corrected chi connectivity index (χ4v) is 2.81. The van der Waals surface area contributed by atoms with Gasteiger partial charge in [-0.3, -0.25) is 4.79 Å². The van der Waals surface area contributed by atoms with Gasteiger partial charge >= 0.3 is 6.61 Å². The number of phenols is 1. The first-order chi connectivity index (χ1) is 12.0. The lowest BCUT2D eigenvalue weighted by molar-refractivity contribution is -0.113. The van der Waals surface area contributed by atoms with E-state index in [0.717, 1.165) is 0 Å². The van der Waals surface area contributed by atoms with E-state index in [0.29, 0.717) is 21.9 Å². The summed E-state index contributed by atoms with van der Waals surface area (Å²) in [5, 5.41) is 12.5. The molecule has 3 N–H and O–H groups in total. The third kappa shape index (κ3) is 4.60. The van der Waals surface area contributed by atoms with Crippen LogP contribution in [0.4, 0.5) is 14.5 Å². The number of H-pyrrole nitrogens is 1. The standard InChI is InChI=1S/C16H13F2N3O3S/c17-15(18)24-11-4-5-12-13(7-11)21-16(20-12)25-8-14(23)19-9-2-1-3-10(22)6-9/h1-7,15,22H,8H2,(H,19,23)(H,20,21). The summed E-state index contributed by atoms with van der Waals surface area (Å²) in [4.78, 5) is 19.1. The van der Waals surface area contributed by atoms with Crippen LogP contribution in [0.15, 0.2) is 47.6 Å². The molecule has 0 aliphatic carbocycles. The molecule has 0 aliphatic rings. The SMILES string of the molecule is O=C(CSc1nc2ccc(OC(F)F)cc2[nH]1)Nc1cccc(O)c1. The van der Waals surface area contributed by atoms with E-state index in [4.69, 9.17) is 0 Å². The van der Waals surface area contributed by atoms with Gasteiger partial charge in [-0.15, -0.1) is 0 Å². The number of carbonyl (C=O) groups is 1. The van der Waals surface area contributed by atoms with E-state index in [9.17, 15) is 18.7 Å². The molecule has 1 heterocycles. The van der Waals surface area contributed by atoms with Crippen molar-refractivity contribution in [2.45, 2.75) is 11.8 Å². The number of aromatic hydroxyl groups is 1. The maximum atomic E-state index is 12.2. The summed E-state index contributed by atoms with van der Waals surface area (Å²) in [6.07, 6.45) is 0. The second-order valence-electron chi connectivity index (χ2n) is 4.99. The molecule has 6 nitrogen and oxygen atoms in total. The fourth-order valence-electron chi connectivity index (χ4n) is 2.12. The number of hydrogen-bond acceptors (Lipinski definition) is 5. The first-order valence-electron chi connectivity index (χ1n) is 7.16. The number of aromatic nitrogens is 2. The first kappa shape index (κ1) is 17.0. The average Bonchev–Trinajstić information content (AvgIpc) is 2.94. The van der Waals surface area contributed by atoms with Crippen LogP contribution in [0, 0.1) is 0 Å². The number of phenolic OH excluding ortho intramolecular Hbond substituents is 1. The Morgan fingerprint density at radius 3 is 2.92 bits per heavy atom. The van der Waals surface area contributed by atoms with E-state index < -0.39 is 6.61 Å². The van der Waals surface area contributed by atoms with Gasteiger partial charge in [-0.05, 0) is 24.3 Å². The lowest BCUT2D eigenvalue weighted by atomic mass is 10.3. The highest BCUT2D eigenvalue weighted by molar-refractivity contribution is 7.99. The highest BCUT2D eigenvalue weighted by Crippen LogP contribution is 2.24. The first-order valence-corrected chi connectivity index (χ1v) is 8.14. The molecule has 3 aromatic rings. The lowest BCUT2D eigenvalue weighted by Gasteiger charge is -2.04. The zero-order chi connectivity index (χ0) is 17.8. The summed E-state index contributed by atoms with van der Waals surface area (Å²) in [6.45, 7) is -2.89. The lowest BCUT2D eigenvalue weighted by Crippen LogP contribution is -2.13. The average molecular weight is 365 g/mol. The number of hydrogen-bond donors (Lipinski definition) is 3. The minimum atomic E-state index is -2.89. The highest BCUT2D eigenvalue weighted by atomic mass is 32.2. The number of anilines is 1. The normalized spacial score (nSPS) is 11.0. The van der Waals surface area contributed by atoms with Gasteiger partial charge in [0.2, 0.25) is 5.91 Å². The summed E-state index contributed by atoms with van der Waals surface area (Å²) >= 11 is 1.17. The third-order valence-corrected chi connectivity index (χ3v) is 4.00. The van der Waals surface area contributed by atoms with Gasteiger partial charge in [0.05, 0.1) is 16.8 Å². The molecule has 0 saturated heterocycles. The number of nitrogens with zero attached hydrogens (tertiary/aromatic N) is 1. The summed E-state index contributed by atoms with van der Waals surface area (Å²) < 4.78 is 28.8. The maximum absolute atomic E-state index is 12.2. The van der Waals surface area contributed by atoms with Crippen molar-refractivity contribution < 1.29 is 23.4 Å². The van der Waals surface area contributed by atoms with Gasteiger partial charge in [-0.2, -0.15) is 8.78 Å². The van der Waals surface area contributed by atoms with Crippen molar-refractivity contribution in [2.75, 3.05) is 11.1 Å². The number of carbonyl (C=O) groups excluding carboxylic acids is 1. The quantitative estimate of drug-likeness (QED) is 0.581. The minimum Gasteiger partial charge on any atom is -0.508 e. The zero-order valence-corrected chi connectivity index (χ0v) is 13.5. The molecule has 0 unspecified atom stereocenters. The zero-order valence-electron chi connectivity index (χ0n) is 12.7. The molecule has 0 atom stereocenters. The van der Waals surface area contributed by atoms with Crippen molar-refractivity contribution in [3.05, 3.63) is 42.5 Å². The predicted molar refractivity (Wildman–Crippen MR) is 90.2 cm³/mol. The number of nitrogens with one attached hydrogen (secondary N) is 2. The van der Waals surface area contributed by atoms with E-state index in [1.165, 1.54) is 36.0 Å². The molecule has 130 valence electrons. The Balaban J connectivity index is 1.61. The van der Waals surface area contributed by atoms with Crippen LogP contribution in [0.25, 0.3) is 11.0 Å². The van der Waals surface area contributed by atoms with Crippen molar-refractivity contribution in [1.29, 1.82) is 0 Å². The summed E-state index contributed by atoms with van der Waals surface area (Å²) in [7, 11) is 0. The van der Waals surface area contributed by atoms with Crippen LogP contribution in [0.2, 0.25) is 0 Å². The number of ether oxygens (including phenoxy) is 1. The number of thioether (sulfide) groups is 1. The Bertz CT molecular complexity index is 901. The van der Waals surface area contributed by atoms with E-state index in [-0.39, 0.29) is 23.2 Å². The smallest absolute Gasteiger partial charge is 0.387 e. The van der Waals surface area contributed by atoms with Crippen LogP contribution in [0.1, 0.15) is 0 Å². The molecule has 0 aliphatic heterocycles. The van der Waals surface area contributed by atoms with E-state index in [2.05, 4.69) is 20.0 Å². The Morgan fingerprint density at radius 2 is 2.16 bits per heavy atom. The molecule has 0 fully saturated rings. The van der Waals surface area contributed by atoms with Crippen LogP contribution < -0.4 is 10.1 Å². The van der Waals surface area contributed by atoms with Gasteiger partial charge in [0, 0.05) is 17.8 Å². The predicted octanol–water partition coefficient (Wildman–Crippen LogP) is 3.60. The molecule has 3 rings (SSSR count). The van der Waals surface area contributed by atoms with E-state index >= 15 is 0 Å². The molecular weight excluding hydrogens is 352 g/mol. The summed E-state index contributed by atoms with van der Waals surface area (Å²) in [6, 6.07) is 10.6. The molecule has 25 heavy (non-hydrogen) atoms. The number of rotatable bonds is 6. The molecule has 0 bridgehead atoms. The van der Waals surface area contributed by atoms with Crippen molar-refractivity contribution in [1.82, 2.24) is 9.97 Å². The number of aromatic amines is 1.